The molecule has 1 heterocycles. The van der Waals surface area contributed by atoms with Crippen LogP contribution in [0, 0.1) is 0 Å². The van der Waals surface area contributed by atoms with Crippen LogP contribution in [-0.2, 0) is 11.2 Å². The van der Waals surface area contributed by atoms with Crippen molar-refractivity contribution in [3.8, 4) is 0 Å². The van der Waals surface area contributed by atoms with E-state index in [4.69, 9.17) is 16.0 Å². The first kappa shape index (κ1) is 15.5. The second kappa shape index (κ2) is 6.81. The minimum absolute atomic E-state index is 0.330. The lowest BCUT2D eigenvalue weighted by atomic mass is 10.1. The van der Waals surface area contributed by atoms with Crippen molar-refractivity contribution in [3.05, 3.63) is 65.0 Å². The third kappa shape index (κ3) is 3.70. The molecule has 1 amide bonds. The summed E-state index contributed by atoms with van der Waals surface area (Å²) in [6.07, 6.45) is -0.774. The van der Waals surface area contributed by atoms with Crippen molar-refractivity contribution in [1.29, 1.82) is 0 Å². The second-order valence-electron chi connectivity index (χ2n) is 5.07. The molecule has 0 spiro atoms. The molecule has 3 rings (SSSR count). The summed E-state index contributed by atoms with van der Waals surface area (Å²) < 4.78 is 5.57. The molecule has 0 saturated heterocycles. The molecule has 0 fully saturated rings. The summed E-state index contributed by atoms with van der Waals surface area (Å²) in [6, 6.07) is 14.0. The number of fused-ring (bicyclic) bond motifs is 1. The van der Waals surface area contributed by atoms with Crippen molar-refractivity contribution < 1.29 is 14.3 Å². The molecule has 1 aromatic heterocycles. The SMILES string of the molecule is O=C(NCCc1nc2ccccc2o1)[C@H](O)c1ccc(Cl)cc1. The van der Waals surface area contributed by atoms with Gasteiger partial charge in [-0.25, -0.2) is 4.98 Å². The van der Waals surface area contributed by atoms with E-state index < -0.39 is 12.0 Å². The highest BCUT2D eigenvalue weighted by Crippen LogP contribution is 2.17. The van der Waals surface area contributed by atoms with Crippen molar-refractivity contribution in [1.82, 2.24) is 10.3 Å². The van der Waals surface area contributed by atoms with E-state index in [2.05, 4.69) is 10.3 Å². The number of benzene rings is 2. The number of aromatic nitrogens is 1. The van der Waals surface area contributed by atoms with E-state index >= 15 is 0 Å². The van der Waals surface area contributed by atoms with Gasteiger partial charge in [-0.2, -0.15) is 0 Å². The maximum absolute atomic E-state index is 11.9. The second-order valence-corrected chi connectivity index (χ2v) is 5.51. The minimum Gasteiger partial charge on any atom is -0.441 e. The number of hydrogen-bond acceptors (Lipinski definition) is 4. The Morgan fingerprint density at radius 2 is 1.96 bits per heavy atom. The predicted molar refractivity (Wildman–Crippen MR) is 87.1 cm³/mol. The van der Waals surface area contributed by atoms with Crippen LogP contribution in [0.15, 0.2) is 52.9 Å². The first-order chi connectivity index (χ1) is 11.1. The maximum Gasteiger partial charge on any atom is 0.253 e. The monoisotopic (exact) mass is 330 g/mol. The van der Waals surface area contributed by atoms with Crippen molar-refractivity contribution in [2.24, 2.45) is 0 Å². The van der Waals surface area contributed by atoms with Crippen LogP contribution >= 0.6 is 11.6 Å². The van der Waals surface area contributed by atoms with E-state index in [1.165, 1.54) is 0 Å². The molecule has 0 radical (unpaired) electrons. The molecule has 5 nitrogen and oxygen atoms in total. The number of hydrogen-bond donors (Lipinski definition) is 2. The molecule has 2 aromatic carbocycles. The molecule has 2 N–H and O–H groups in total. The van der Waals surface area contributed by atoms with E-state index in [1.54, 1.807) is 24.3 Å². The van der Waals surface area contributed by atoms with E-state index in [9.17, 15) is 9.90 Å². The van der Waals surface area contributed by atoms with E-state index in [0.717, 1.165) is 11.1 Å². The normalized spacial score (nSPS) is 12.3. The highest BCUT2D eigenvalue weighted by Gasteiger charge is 2.17. The van der Waals surface area contributed by atoms with Gasteiger partial charge in [0.1, 0.15) is 5.52 Å². The number of aliphatic hydroxyl groups excluding tert-OH is 1. The topological polar surface area (TPSA) is 75.4 Å². The largest absolute Gasteiger partial charge is 0.441 e. The molecule has 1 atom stereocenters. The maximum atomic E-state index is 11.9. The van der Waals surface area contributed by atoms with Crippen LogP contribution in [0.4, 0.5) is 0 Å². The van der Waals surface area contributed by atoms with Crippen LogP contribution in [0.25, 0.3) is 11.1 Å². The summed E-state index contributed by atoms with van der Waals surface area (Å²) in [5, 5.41) is 13.2. The van der Waals surface area contributed by atoms with Crippen molar-refractivity contribution in [2.45, 2.75) is 12.5 Å². The number of carbonyl (C=O) groups is 1. The molecule has 0 saturated carbocycles. The zero-order valence-electron chi connectivity index (χ0n) is 12.2. The number of nitrogens with one attached hydrogen (secondary N) is 1. The van der Waals surface area contributed by atoms with Gasteiger partial charge in [0.05, 0.1) is 0 Å². The zero-order valence-corrected chi connectivity index (χ0v) is 13.0. The van der Waals surface area contributed by atoms with Crippen LogP contribution < -0.4 is 5.32 Å². The Morgan fingerprint density at radius 3 is 2.70 bits per heavy atom. The zero-order chi connectivity index (χ0) is 16.2. The number of nitrogens with zero attached hydrogens (tertiary/aromatic N) is 1. The van der Waals surface area contributed by atoms with Gasteiger partial charge in [0.15, 0.2) is 17.6 Å². The van der Waals surface area contributed by atoms with Gasteiger partial charge in [-0.05, 0) is 29.8 Å². The quantitative estimate of drug-likeness (QED) is 0.754. The fraction of sp³-hybridized carbons (Fsp3) is 0.176. The molecular formula is C17H15ClN2O3. The van der Waals surface area contributed by atoms with Crippen LogP contribution in [0.1, 0.15) is 17.6 Å². The van der Waals surface area contributed by atoms with E-state index in [-0.39, 0.29) is 0 Å². The predicted octanol–water partition coefficient (Wildman–Crippen LogP) is 2.87. The fourth-order valence-electron chi connectivity index (χ4n) is 2.21. The lowest BCUT2D eigenvalue weighted by Crippen LogP contribution is -2.31. The third-order valence-electron chi connectivity index (χ3n) is 3.41. The first-order valence-electron chi connectivity index (χ1n) is 7.19. The molecule has 0 aliphatic heterocycles. The molecule has 0 unspecified atom stereocenters. The Kier molecular flexibility index (Phi) is 4.60. The summed E-state index contributed by atoms with van der Waals surface area (Å²) in [5.41, 5.74) is 2.00. The van der Waals surface area contributed by atoms with Crippen LogP contribution in [0.2, 0.25) is 5.02 Å². The molecule has 23 heavy (non-hydrogen) atoms. The minimum atomic E-state index is -1.23. The Balaban J connectivity index is 1.55. The fourth-order valence-corrected chi connectivity index (χ4v) is 2.34. The molecule has 0 aliphatic rings. The molecule has 0 bridgehead atoms. The average molecular weight is 331 g/mol. The van der Waals surface area contributed by atoms with E-state index in [0.29, 0.717) is 29.4 Å². The van der Waals surface area contributed by atoms with E-state index in [1.807, 2.05) is 24.3 Å². The lowest BCUT2D eigenvalue weighted by Gasteiger charge is -2.11. The van der Waals surface area contributed by atoms with Gasteiger partial charge >= 0.3 is 0 Å². The molecule has 6 heteroatoms. The molecule has 3 aromatic rings. The average Bonchev–Trinajstić information content (AvgIpc) is 2.97. The summed E-state index contributed by atoms with van der Waals surface area (Å²) in [7, 11) is 0. The first-order valence-corrected chi connectivity index (χ1v) is 7.57. The van der Waals surface area contributed by atoms with Gasteiger partial charge < -0.3 is 14.8 Å². The number of para-hydroxylation sites is 2. The lowest BCUT2D eigenvalue weighted by molar-refractivity contribution is -0.129. The summed E-state index contributed by atoms with van der Waals surface area (Å²) in [4.78, 5) is 16.3. The summed E-state index contributed by atoms with van der Waals surface area (Å²) in [5.74, 6) is 0.0796. The Morgan fingerprint density at radius 1 is 1.22 bits per heavy atom. The van der Waals surface area contributed by atoms with Gasteiger partial charge in [-0.1, -0.05) is 35.9 Å². The van der Waals surface area contributed by atoms with Crippen LogP contribution in [0.3, 0.4) is 0 Å². The van der Waals surface area contributed by atoms with Crippen LogP contribution in [-0.4, -0.2) is 22.5 Å². The highest BCUT2D eigenvalue weighted by atomic mass is 35.5. The summed E-state index contributed by atoms with van der Waals surface area (Å²) >= 11 is 5.78. The van der Waals surface area contributed by atoms with Gasteiger partial charge in [-0.3, -0.25) is 4.79 Å². The Bertz CT molecular complexity index is 781. The number of amides is 1. The number of aliphatic hydroxyl groups is 1. The smallest absolute Gasteiger partial charge is 0.253 e. The van der Waals surface area contributed by atoms with Crippen molar-refractivity contribution >= 4 is 28.6 Å². The van der Waals surface area contributed by atoms with Gasteiger partial charge in [0.2, 0.25) is 0 Å². The standard InChI is InChI=1S/C17H15ClN2O3/c18-12-7-5-11(6-8-12)16(21)17(22)19-10-9-15-20-13-3-1-2-4-14(13)23-15/h1-8,16,21H,9-10H2,(H,19,22)/t16-/m1/s1. The number of halogens is 1. The number of oxazole rings is 1. The Hall–Kier alpha value is -2.37. The molecule has 0 aliphatic carbocycles. The van der Waals surface area contributed by atoms with Crippen molar-refractivity contribution in [3.63, 3.8) is 0 Å². The highest BCUT2D eigenvalue weighted by molar-refractivity contribution is 6.30. The summed E-state index contributed by atoms with van der Waals surface area (Å²) in [6.45, 7) is 0.330. The molecular weight excluding hydrogens is 316 g/mol. The van der Waals surface area contributed by atoms with Crippen molar-refractivity contribution in [2.75, 3.05) is 6.54 Å². The van der Waals surface area contributed by atoms with Gasteiger partial charge in [-0.15, -0.1) is 0 Å². The Labute approximate surface area is 137 Å². The number of carbonyl (C=O) groups excluding carboxylic acids is 1. The van der Waals surface area contributed by atoms with Gasteiger partial charge in [0.25, 0.3) is 5.91 Å². The molecule has 118 valence electrons. The van der Waals surface area contributed by atoms with Crippen LogP contribution in [0.5, 0.6) is 0 Å². The third-order valence-corrected chi connectivity index (χ3v) is 3.66. The number of rotatable bonds is 5. The van der Waals surface area contributed by atoms with Gasteiger partial charge in [0, 0.05) is 18.0 Å².